The Labute approximate surface area is 230 Å². The van der Waals surface area contributed by atoms with Gasteiger partial charge in [-0.1, -0.05) is 43.5 Å². The highest BCUT2D eigenvalue weighted by Gasteiger charge is 2.36. The molecule has 0 bridgehead atoms. The molecule has 2 aliphatic carbocycles. The molecule has 2 fully saturated rings. The Morgan fingerprint density at radius 2 is 1.67 bits per heavy atom. The number of anilines is 1. The minimum absolute atomic E-state index is 0.0405. The first-order valence-corrected chi connectivity index (χ1v) is 14.6. The van der Waals surface area contributed by atoms with Crippen LogP contribution in [0.25, 0.3) is 27.3 Å². The van der Waals surface area contributed by atoms with E-state index < -0.39 is 5.97 Å². The van der Waals surface area contributed by atoms with Crippen molar-refractivity contribution in [3.63, 3.8) is 0 Å². The minimum Gasteiger partial charge on any atom is -0.477 e. The monoisotopic (exact) mass is 544 g/mol. The van der Waals surface area contributed by atoms with Gasteiger partial charge >= 0.3 is 5.97 Å². The molecule has 3 aromatic heterocycles. The first kappa shape index (κ1) is 25.7. The Bertz CT molecular complexity index is 1450. The first-order chi connectivity index (χ1) is 19.0. The second kappa shape index (κ2) is 10.9. The van der Waals surface area contributed by atoms with E-state index >= 15 is 0 Å². The SMILES string of the molecule is O=C(O)c1sc(-c2ccc(-c3cc4ncccn4n3)cc2)cc1N(C(=O)C1CCCCC1)C1CCC(O)CC1. The summed E-state index contributed by atoms with van der Waals surface area (Å²) in [7, 11) is 0. The summed E-state index contributed by atoms with van der Waals surface area (Å²) in [5, 5.41) is 24.9. The van der Waals surface area contributed by atoms with Gasteiger partial charge in [0.05, 0.1) is 17.5 Å². The second-order valence-electron chi connectivity index (χ2n) is 10.7. The van der Waals surface area contributed by atoms with Gasteiger partial charge in [0.2, 0.25) is 5.91 Å². The lowest BCUT2D eigenvalue weighted by Gasteiger charge is -2.38. The highest BCUT2D eigenvalue weighted by molar-refractivity contribution is 7.18. The number of aromatic carboxylic acids is 1. The number of aromatic nitrogens is 3. The van der Waals surface area contributed by atoms with Gasteiger partial charge in [0, 0.05) is 40.9 Å². The van der Waals surface area contributed by atoms with E-state index in [1.807, 2.05) is 48.7 Å². The molecule has 6 rings (SSSR count). The van der Waals surface area contributed by atoms with Crippen molar-refractivity contribution >= 4 is 34.5 Å². The van der Waals surface area contributed by atoms with Gasteiger partial charge in [-0.3, -0.25) is 4.79 Å². The second-order valence-corrected chi connectivity index (χ2v) is 11.7. The fourth-order valence-electron chi connectivity index (χ4n) is 5.99. The molecule has 0 spiro atoms. The number of benzene rings is 1. The molecule has 202 valence electrons. The van der Waals surface area contributed by atoms with Gasteiger partial charge < -0.3 is 15.1 Å². The third-order valence-corrected chi connectivity index (χ3v) is 9.25. The first-order valence-electron chi connectivity index (χ1n) is 13.8. The van der Waals surface area contributed by atoms with Gasteiger partial charge in [-0.25, -0.2) is 14.3 Å². The Morgan fingerprint density at radius 1 is 0.949 bits per heavy atom. The summed E-state index contributed by atoms with van der Waals surface area (Å²) >= 11 is 1.21. The van der Waals surface area contributed by atoms with E-state index in [-0.39, 0.29) is 28.8 Å². The predicted molar refractivity (Wildman–Crippen MR) is 151 cm³/mol. The van der Waals surface area contributed by atoms with Crippen LogP contribution in [0.1, 0.15) is 67.5 Å². The lowest BCUT2D eigenvalue weighted by molar-refractivity contribution is -0.124. The Balaban J connectivity index is 1.34. The van der Waals surface area contributed by atoms with E-state index in [0.717, 1.165) is 59.4 Å². The highest BCUT2D eigenvalue weighted by Crippen LogP contribution is 2.41. The number of carboxylic acid groups (broad SMARTS) is 1. The summed E-state index contributed by atoms with van der Waals surface area (Å²) in [6.07, 6.45) is 10.7. The van der Waals surface area contributed by atoms with Gasteiger partial charge in [0.15, 0.2) is 5.65 Å². The molecule has 8 nitrogen and oxygen atoms in total. The molecule has 0 radical (unpaired) electrons. The summed E-state index contributed by atoms with van der Waals surface area (Å²) in [6, 6.07) is 13.4. The smallest absolute Gasteiger partial charge is 0.348 e. The lowest BCUT2D eigenvalue weighted by Crippen LogP contribution is -2.46. The molecule has 39 heavy (non-hydrogen) atoms. The van der Waals surface area contributed by atoms with E-state index in [9.17, 15) is 19.8 Å². The average molecular weight is 545 g/mol. The molecule has 1 aromatic carbocycles. The number of hydrogen-bond donors (Lipinski definition) is 2. The number of aliphatic hydroxyl groups is 1. The standard InChI is InChI=1S/C30H32N4O4S/c35-23-13-11-22(12-14-23)34(29(36)21-5-2-1-3-6-21)25-18-26(39-28(25)30(37)38)20-9-7-19(8-10-20)24-17-27-31-15-4-16-33(27)32-24/h4,7-10,15-18,21-23,35H,1-3,5-6,11-14H2,(H,37,38). The number of amides is 1. The van der Waals surface area contributed by atoms with E-state index in [1.54, 1.807) is 15.6 Å². The number of thiophene rings is 1. The van der Waals surface area contributed by atoms with Crippen LogP contribution in [0, 0.1) is 5.92 Å². The Hall–Kier alpha value is -3.56. The van der Waals surface area contributed by atoms with Crippen LogP contribution in [0.4, 0.5) is 5.69 Å². The number of nitrogens with zero attached hydrogens (tertiary/aromatic N) is 4. The molecule has 9 heteroatoms. The zero-order chi connectivity index (χ0) is 26.9. The topological polar surface area (TPSA) is 108 Å². The van der Waals surface area contributed by atoms with Crippen molar-refractivity contribution in [1.29, 1.82) is 0 Å². The van der Waals surface area contributed by atoms with Gasteiger partial charge in [-0.05, 0) is 56.2 Å². The largest absolute Gasteiger partial charge is 0.477 e. The maximum absolute atomic E-state index is 13.9. The van der Waals surface area contributed by atoms with Crippen molar-refractivity contribution in [2.75, 3.05) is 4.90 Å². The number of rotatable bonds is 6. The number of carbonyl (C=O) groups is 2. The lowest BCUT2D eigenvalue weighted by atomic mass is 9.86. The molecule has 2 N–H and O–H groups in total. The number of carbonyl (C=O) groups excluding carboxylic acids is 1. The van der Waals surface area contributed by atoms with Crippen LogP contribution in [0.3, 0.4) is 0 Å². The van der Waals surface area contributed by atoms with Crippen LogP contribution < -0.4 is 4.90 Å². The molecule has 0 saturated heterocycles. The van der Waals surface area contributed by atoms with E-state index in [1.165, 1.54) is 11.3 Å². The van der Waals surface area contributed by atoms with Crippen LogP contribution >= 0.6 is 11.3 Å². The number of aliphatic hydroxyl groups excluding tert-OH is 1. The van der Waals surface area contributed by atoms with E-state index in [0.29, 0.717) is 31.4 Å². The Morgan fingerprint density at radius 3 is 2.36 bits per heavy atom. The summed E-state index contributed by atoms with van der Waals surface area (Å²) in [5.74, 6) is -1.05. The quantitative estimate of drug-likeness (QED) is 0.306. The van der Waals surface area contributed by atoms with Crippen molar-refractivity contribution in [3.8, 4) is 21.7 Å². The Kier molecular flexibility index (Phi) is 7.18. The molecular weight excluding hydrogens is 512 g/mol. The molecule has 0 aliphatic heterocycles. The minimum atomic E-state index is -1.02. The van der Waals surface area contributed by atoms with Crippen molar-refractivity contribution in [2.45, 2.75) is 69.9 Å². The van der Waals surface area contributed by atoms with Gasteiger partial charge in [0.25, 0.3) is 0 Å². The van der Waals surface area contributed by atoms with E-state index in [4.69, 9.17) is 0 Å². The fraction of sp³-hybridized carbons (Fsp3) is 0.400. The van der Waals surface area contributed by atoms with Crippen LogP contribution in [0.15, 0.2) is 54.9 Å². The van der Waals surface area contributed by atoms with Gasteiger partial charge in [-0.2, -0.15) is 5.10 Å². The van der Waals surface area contributed by atoms with Crippen molar-refractivity contribution in [3.05, 3.63) is 59.7 Å². The average Bonchev–Trinajstić information content (AvgIpc) is 3.60. The third kappa shape index (κ3) is 5.21. The number of fused-ring (bicyclic) bond motifs is 1. The molecule has 3 heterocycles. The maximum Gasteiger partial charge on any atom is 0.348 e. The molecule has 0 unspecified atom stereocenters. The molecule has 2 saturated carbocycles. The number of carboxylic acids is 1. The predicted octanol–water partition coefficient (Wildman–Crippen LogP) is 6.04. The number of hydrogen-bond acceptors (Lipinski definition) is 6. The summed E-state index contributed by atoms with van der Waals surface area (Å²) < 4.78 is 1.73. The molecule has 2 aliphatic rings. The fourth-order valence-corrected chi connectivity index (χ4v) is 6.98. The molecule has 0 atom stereocenters. The zero-order valence-electron chi connectivity index (χ0n) is 21.7. The van der Waals surface area contributed by atoms with E-state index in [2.05, 4.69) is 10.1 Å². The van der Waals surface area contributed by atoms with Crippen LogP contribution in [-0.4, -0.2) is 48.8 Å². The van der Waals surface area contributed by atoms with Crippen LogP contribution in [0.2, 0.25) is 0 Å². The van der Waals surface area contributed by atoms with Gasteiger partial charge in [-0.15, -0.1) is 11.3 Å². The van der Waals surface area contributed by atoms with Crippen LogP contribution in [-0.2, 0) is 4.79 Å². The zero-order valence-corrected chi connectivity index (χ0v) is 22.5. The summed E-state index contributed by atoms with van der Waals surface area (Å²) in [5.41, 5.74) is 3.90. The molecule has 1 amide bonds. The van der Waals surface area contributed by atoms with Crippen molar-refractivity contribution in [1.82, 2.24) is 14.6 Å². The van der Waals surface area contributed by atoms with Gasteiger partial charge in [0.1, 0.15) is 4.88 Å². The third-order valence-electron chi connectivity index (χ3n) is 8.09. The molecular formula is C30H32N4O4S. The van der Waals surface area contributed by atoms with Crippen molar-refractivity contribution < 1.29 is 19.8 Å². The highest BCUT2D eigenvalue weighted by atomic mass is 32.1. The summed E-state index contributed by atoms with van der Waals surface area (Å²) in [6.45, 7) is 0. The maximum atomic E-state index is 13.9. The molecule has 4 aromatic rings. The van der Waals surface area contributed by atoms with Crippen LogP contribution in [0.5, 0.6) is 0 Å². The van der Waals surface area contributed by atoms with Crippen molar-refractivity contribution in [2.24, 2.45) is 5.92 Å². The summed E-state index contributed by atoms with van der Waals surface area (Å²) in [4.78, 5) is 33.5. The normalized spacial score (nSPS) is 20.2.